The number of hydrogen-bond donors (Lipinski definition) is 1. The summed E-state index contributed by atoms with van der Waals surface area (Å²) in [5.74, 6) is 0. The molecule has 2 fully saturated rings. The van der Waals surface area contributed by atoms with E-state index in [4.69, 9.17) is 9.47 Å². The van der Waals surface area contributed by atoms with Crippen molar-refractivity contribution in [1.29, 1.82) is 0 Å². The predicted octanol–water partition coefficient (Wildman–Crippen LogP) is 2.74. The fourth-order valence-corrected chi connectivity index (χ4v) is 3.50. The van der Waals surface area contributed by atoms with Gasteiger partial charge in [-0.05, 0) is 31.6 Å². The molecular formula is C15H29NO2. The van der Waals surface area contributed by atoms with Crippen molar-refractivity contribution in [2.45, 2.75) is 77.2 Å². The molecule has 0 aliphatic heterocycles. The highest BCUT2D eigenvalue weighted by atomic mass is 16.5. The minimum Gasteiger partial charge on any atom is -0.377 e. The van der Waals surface area contributed by atoms with Gasteiger partial charge in [-0.15, -0.1) is 0 Å². The summed E-state index contributed by atoms with van der Waals surface area (Å²) in [5, 5.41) is 3.83. The number of ether oxygens (including phenoxy) is 2. The number of methoxy groups -OCH3 is 1. The fourth-order valence-electron chi connectivity index (χ4n) is 3.50. The van der Waals surface area contributed by atoms with Gasteiger partial charge < -0.3 is 14.8 Å². The highest BCUT2D eigenvalue weighted by molar-refractivity contribution is 5.01. The van der Waals surface area contributed by atoms with Gasteiger partial charge in [0.2, 0.25) is 0 Å². The largest absolute Gasteiger partial charge is 0.377 e. The molecule has 0 bridgehead atoms. The van der Waals surface area contributed by atoms with E-state index in [1.54, 1.807) is 7.11 Å². The lowest BCUT2D eigenvalue weighted by Crippen LogP contribution is -2.63. The maximum Gasteiger partial charge on any atom is 0.0986 e. The van der Waals surface area contributed by atoms with Crippen LogP contribution in [0.3, 0.4) is 0 Å². The van der Waals surface area contributed by atoms with E-state index in [1.807, 2.05) is 0 Å². The lowest BCUT2D eigenvalue weighted by atomic mass is 9.72. The van der Waals surface area contributed by atoms with Crippen molar-refractivity contribution in [3.63, 3.8) is 0 Å². The van der Waals surface area contributed by atoms with Crippen LogP contribution in [0.4, 0.5) is 0 Å². The highest BCUT2D eigenvalue weighted by Gasteiger charge is 2.45. The van der Waals surface area contributed by atoms with Crippen LogP contribution in [0.1, 0.15) is 52.9 Å². The van der Waals surface area contributed by atoms with Gasteiger partial charge in [0.05, 0.1) is 12.2 Å². The molecule has 1 N–H and O–H groups in total. The molecule has 4 unspecified atom stereocenters. The topological polar surface area (TPSA) is 30.5 Å². The predicted molar refractivity (Wildman–Crippen MR) is 73.8 cm³/mol. The average molecular weight is 255 g/mol. The van der Waals surface area contributed by atoms with Crippen molar-refractivity contribution >= 4 is 0 Å². The van der Waals surface area contributed by atoms with E-state index in [1.165, 1.54) is 25.7 Å². The van der Waals surface area contributed by atoms with Crippen molar-refractivity contribution in [1.82, 2.24) is 5.32 Å². The maximum absolute atomic E-state index is 5.69. The summed E-state index contributed by atoms with van der Waals surface area (Å²) in [5.41, 5.74) is 0.424. The molecule has 18 heavy (non-hydrogen) atoms. The zero-order chi connectivity index (χ0) is 13.2. The first-order valence-corrected chi connectivity index (χ1v) is 7.49. The van der Waals surface area contributed by atoms with Crippen LogP contribution >= 0.6 is 0 Å². The van der Waals surface area contributed by atoms with E-state index < -0.39 is 0 Å². The Hall–Kier alpha value is -0.120. The van der Waals surface area contributed by atoms with E-state index >= 15 is 0 Å². The second kappa shape index (κ2) is 5.89. The molecule has 2 saturated carbocycles. The monoisotopic (exact) mass is 255 g/mol. The molecule has 4 atom stereocenters. The lowest BCUT2D eigenvalue weighted by molar-refractivity contribution is -0.136. The van der Waals surface area contributed by atoms with Crippen LogP contribution in [-0.2, 0) is 9.47 Å². The molecule has 2 rings (SSSR count). The molecule has 0 amide bonds. The minimum atomic E-state index is 0.239. The number of rotatable bonds is 5. The van der Waals surface area contributed by atoms with Crippen LogP contribution in [0.25, 0.3) is 0 Å². The van der Waals surface area contributed by atoms with E-state index in [-0.39, 0.29) is 6.10 Å². The Balaban J connectivity index is 1.86. The Morgan fingerprint density at radius 2 is 2.06 bits per heavy atom. The fraction of sp³-hybridized carbons (Fsp3) is 1.00. The number of hydrogen-bond acceptors (Lipinski definition) is 3. The summed E-state index contributed by atoms with van der Waals surface area (Å²) in [6.45, 7) is 7.62. The number of nitrogens with one attached hydrogen (secondary N) is 1. The molecule has 0 aromatic heterocycles. The van der Waals surface area contributed by atoms with Gasteiger partial charge in [-0.25, -0.2) is 0 Å². The zero-order valence-corrected chi connectivity index (χ0v) is 12.4. The van der Waals surface area contributed by atoms with Gasteiger partial charge in [0.1, 0.15) is 0 Å². The Bertz CT molecular complexity index is 267. The molecule has 0 saturated heterocycles. The van der Waals surface area contributed by atoms with Crippen molar-refractivity contribution in [2.75, 3.05) is 13.7 Å². The first-order chi connectivity index (χ1) is 8.58. The summed E-state index contributed by atoms with van der Waals surface area (Å²) >= 11 is 0. The van der Waals surface area contributed by atoms with E-state index in [0.29, 0.717) is 23.6 Å². The van der Waals surface area contributed by atoms with Gasteiger partial charge in [-0.1, -0.05) is 26.7 Å². The summed E-state index contributed by atoms with van der Waals surface area (Å²) in [7, 11) is 1.80. The summed E-state index contributed by atoms with van der Waals surface area (Å²) in [6.07, 6.45) is 7.01. The molecule has 0 aromatic rings. The Kier molecular flexibility index (Phi) is 4.68. The van der Waals surface area contributed by atoms with Crippen LogP contribution in [0, 0.1) is 5.41 Å². The third-order valence-corrected chi connectivity index (χ3v) is 4.82. The molecule has 0 spiro atoms. The second-order valence-electron chi connectivity index (χ2n) is 6.49. The van der Waals surface area contributed by atoms with Crippen LogP contribution in [0.15, 0.2) is 0 Å². The average Bonchev–Trinajstić information content (AvgIpc) is 2.30. The first-order valence-electron chi connectivity index (χ1n) is 7.49. The summed E-state index contributed by atoms with van der Waals surface area (Å²) < 4.78 is 11.3. The highest BCUT2D eigenvalue weighted by Crippen LogP contribution is 2.37. The molecule has 0 aromatic carbocycles. The van der Waals surface area contributed by atoms with Gasteiger partial charge in [0, 0.05) is 25.8 Å². The first kappa shape index (κ1) is 14.3. The summed E-state index contributed by atoms with van der Waals surface area (Å²) in [6, 6.07) is 1.12. The minimum absolute atomic E-state index is 0.239. The molecule has 3 nitrogen and oxygen atoms in total. The van der Waals surface area contributed by atoms with E-state index in [2.05, 4.69) is 26.1 Å². The zero-order valence-electron chi connectivity index (χ0n) is 12.4. The quantitative estimate of drug-likeness (QED) is 0.819. The van der Waals surface area contributed by atoms with Crippen LogP contribution in [-0.4, -0.2) is 38.0 Å². The smallest absolute Gasteiger partial charge is 0.0986 e. The normalized spacial score (nSPS) is 39.3. The van der Waals surface area contributed by atoms with Gasteiger partial charge >= 0.3 is 0 Å². The van der Waals surface area contributed by atoms with Crippen LogP contribution in [0.2, 0.25) is 0 Å². The van der Waals surface area contributed by atoms with Crippen molar-refractivity contribution in [3.05, 3.63) is 0 Å². The van der Waals surface area contributed by atoms with Crippen LogP contribution < -0.4 is 5.32 Å². The molecule has 106 valence electrons. The Morgan fingerprint density at radius 1 is 1.28 bits per heavy atom. The van der Waals surface area contributed by atoms with Crippen molar-refractivity contribution in [2.24, 2.45) is 5.41 Å². The third-order valence-electron chi connectivity index (χ3n) is 4.82. The molecule has 0 heterocycles. The van der Waals surface area contributed by atoms with Gasteiger partial charge in [0.25, 0.3) is 0 Å². The lowest BCUT2D eigenvalue weighted by Gasteiger charge is -2.49. The van der Waals surface area contributed by atoms with Crippen molar-refractivity contribution in [3.8, 4) is 0 Å². The molecular weight excluding hydrogens is 226 g/mol. The Morgan fingerprint density at radius 3 is 2.67 bits per heavy atom. The third kappa shape index (κ3) is 2.89. The van der Waals surface area contributed by atoms with Gasteiger partial charge in [-0.3, -0.25) is 0 Å². The molecule has 3 heteroatoms. The Labute approximate surface area is 112 Å². The van der Waals surface area contributed by atoms with Gasteiger partial charge in [0.15, 0.2) is 0 Å². The summed E-state index contributed by atoms with van der Waals surface area (Å²) in [4.78, 5) is 0. The van der Waals surface area contributed by atoms with E-state index in [0.717, 1.165) is 13.0 Å². The van der Waals surface area contributed by atoms with Crippen LogP contribution in [0.5, 0.6) is 0 Å². The van der Waals surface area contributed by atoms with Crippen molar-refractivity contribution < 1.29 is 9.47 Å². The SMILES string of the molecule is CCOC1CC(NC2CCCCC2(C)C)C1OC. The molecule has 2 aliphatic rings. The maximum atomic E-state index is 5.69. The molecule has 2 aliphatic carbocycles. The standard InChI is InChI=1S/C15H29NO2/c1-5-18-12-10-11(14(12)17-4)16-13-8-6-7-9-15(13,2)3/h11-14,16H,5-10H2,1-4H3. The second-order valence-corrected chi connectivity index (χ2v) is 6.49. The van der Waals surface area contributed by atoms with E-state index in [9.17, 15) is 0 Å². The molecule has 0 radical (unpaired) electrons. The van der Waals surface area contributed by atoms with Gasteiger partial charge in [-0.2, -0.15) is 0 Å².